The third-order valence-electron chi connectivity index (χ3n) is 7.38. The van der Waals surface area contributed by atoms with E-state index in [4.69, 9.17) is 4.74 Å². The molecule has 2 aliphatic heterocycles. The molecule has 0 saturated carbocycles. The number of aryl methyl sites for hydroxylation is 2. The standard InChI is InChI=1S/C31H30N4O6/c1-17-10-21-11-18(2)24(17)8-9-41-31(40)35-22-5-3-4-19(12-22)20(14-28(37)38)13-27(36)29(21)34-23-6-7-26-25(15-23)30(39)33-16-32-26/h3-7,10-12,15-16,20,29,34H,8-9,13-14H2,1-2H3,(H,35,40)(H,37,38)(H,32,33,39)/t20-,29-/m1/s1. The molecule has 2 atom stereocenters. The molecule has 0 radical (unpaired) electrons. The van der Waals surface area contributed by atoms with E-state index in [-0.39, 0.29) is 30.8 Å². The topological polar surface area (TPSA) is 150 Å². The third kappa shape index (κ3) is 6.27. The number of anilines is 2. The maximum absolute atomic E-state index is 14.1. The van der Waals surface area contributed by atoms with E-state index in [1.807, 2.05) is 26.0 Å². The molecule has 0 fully saturated rings. The van der Waals surface area contributed by atoms with Crippen LogP contribution >= 0.6 is 0 Å². The number of carboxylic acid groups (broad SMARTS) is 1. The van der Waals surface area contributed by atoms with Crippen LogP contribution < -0.4 is 16.2 Å². The van der Waals surface area contributed by atoms with Crippen molar-refractivity contribution in [3.05, 3.63) is 99.1 Å². The molecule has 3 heterocycles. The predicted molar refractivity (Wildman–Crippen MR) is 154 cm³/mol. The molecular weight excluding hydrogens is 524 g/mol. The number of fused-ring (bicyclic) bond motifs is 10. The van der Waals surface area contributed by atoms with Crippen LogP contribution in [-0.2, 0) is 20.7 Å². The fraction of sp³-hybridized carbons (Fsp3) is 0.258. The number of nitrogens with zero attached hydrogens (tertiary/aromatic N) is 1. The Hall–Kier alpha value is -4.99. The summed E-state index contributed by atoms with van der Waals surface area (Å²) in [6.07, 6.45) is 0.872. The molecule has 4 N–H and O–H groups in total. The molecule has 210 valence electrons. The lowest BCUT2D eigenvalue weighted by Gasteiger charge is -2.25. The Labute approximate surface area is 235 Å². The first-order valence-corrected chi connectivity index (χ1v) is 13.3. The van der Waals surface area contributed by atoms with Gasteiger partial charge in [-0.05, 0) is 72.0 Å². The van der Waals surface area contributed by atoms with E-state index in [1.54, 1.807) is 42.5 Å². The normalized spacial score (nSPS) is 17.6. The number of amides is 1. The monoisotopic (exact) mass is 554 g/mol. The third-order valence-corrected chi connectivity index (χ3v) is 7.38. The summed E-state index contributed by atoms with van der Waals surface area (Å²) in [4.78, 5) is 57.5. The zero-order chi connectivity index (χ0) is 29.1. The summed E-state index contributed by atoms with van der Waals surface area (Å²) < 4.78 is 5.41. The van der Waals surface area contributed by atoms with Gasteiger partial charge in [0.05, 0.1) is 30.3 Å². The lowest BCUT2D eigenvalue weighted by Crippen LogP contribution is -2.25. The second-order valence-electron chi connectivity index (χ2n) is 10.3. The van der Waals surface area contributed by atoms with Crippen LogP contribution in [0.25, 0.3) is 10.9 Å². The fourth-order valence-corrected chi connectivity index (χ4v) is 5.41. The smallest absolute Gasteiger partial charge is 0.411 e. The number of carbonyl (C=O) groups is 3. The number of carbonyl (C=O) groups excluding carboxylic acids is 2. The number of ketones is 1. The number of rotatable bonds is 4. The van der Waals surface area contributed by atoms with E-state index in [0.717, 1.165) is 16.7 Å². The minimum Gasteiger partial charge on any atom is -0.481 e. The van der Waals surface area contributed by atoms with Crippen molar-refractivity contribution < 1.29 is 24.2 Å². The number of Topliss-reactive ketones (excluding diaryl/α,β-unsaturated/α-hetero) is 1. The predicted octanol–water partition coefficient (Wildman–Crippen LogP) is 5.02. The van der Waals surface area contributed by atoms with Crippen LogP contribution in [0.2, 0.25) is 0 Å². The highest BCUT2D eigenvalue weighted by Gasteiger charge is 2.28. The highest BCUT2D eigenvalue weighted by Crippen LogP contribution is 2.32. The van der Waals surface area contributed by atoms with Gasteiger partial charge in [0.25, 0.3) is 5.56 Å². The van der Waals surface area contributed by atoms with Crippen molar-refractivity contribution in [1.82, 2.24) is 9.97 Å². The molecule has 3 aromatic carbocycles. The minimum atomic E-state index is -1.04. The Morgan fingerprint density at radius 1 is 1.05 bits per heavy atom. The number of H-pyrrole nitrogens is 1. The summed E-state index contributed by atoms with van der Waals surface area (Å²) in [6, 6.07) is 14.9. The van der Waals surface area contributed by atoms with Crippen molar-refractivity contribution in [3.8, 4) is 0 Å². The SMILES string of the molecule is Cc1cc2cc(C)c1CCOC(=O)Nc1cccc(c1)[C@@H](CC(=O)O)CC(=O)[C@@H]2Nc1ccc2nc[nH]c(=O)c2c1. The summed E-state index contributed by atoms with van der Waals surface area (Å²) in [5.41, 5.74) is 5.42. The molecule has 2 aliphatic rings. The van der Waals surface area contributed by atoms with Gasteiger partial charge in [0.15, 0.2) is 5.78 Å². The number of hydrogen-bond donors (Lipinski definition) is 4. The first-order valence-electron chi connectivity index (χ1n) is 13.3. The van der Waals surface area contributed by atoms with Crippen molar-refractivity contribution in [1.29, 1.82) is 0 Å². The van der Waals surface area contributed by atoms with Gasteiger partial charge in [-0.15, -0.1) is 0 Å². The molecule has 0 aliphatic carbocycles. The average Bonchev–Trinajstić information content (AvgIpc) is 2.92. The molecule has 6 rings (SSSR count). The lowest BCUT2D eigenvalue weighted by molar-refractivity contribution is -0.137. The molecular formula is C31H30N4O6. The van der Waals surface area contributed by atoms with Crippen LogP contribution in [-0.4, -0.2) is 39.5 Å². The molecule has 0 unspecified atom stereocenters. The van der Waals surface area contributed by atoms with E-state index in [9.17, 15) is 24.3 Å². The molecule has 0 saturated heterocycles. The van der Waals surface area contributed by atoms with Crippen LogP contribution in [0.4, 0.5) is 16.2 Å². The van der Waals surface area contributed by atoms with Gasteiger partial charge in [0.2, 0.25) is 0 Å². The summed E-state index contributed by atoms with van der Waals surface area (Å²) in [6.45, 7) is 4.04. The van der Waals surface area contributed by atoms with Crippen LogP contribution in [0, 0.1) is 13.8 Å². The second-order valence-corrected chi connectivity index (χ2v) is 10.3. The van der Waals surface area contributed by atoms with Gasteiger partial charge < -0.3 is 20.1 Å². The molecule has 41 heavy (non-hydrogen) atoms. The Balaban J connectivity index is 1.60. The number of aliphatic carboxylic acids is 1. The van der Waals surface area contributed by atoms with Crippen molar-refractivity contribution >= 4 is 40.1 Å². The van der Waals surface area contributed by atoms with Gasteiger partial charge in [-0.3, -0.25) is 19.7 Å². The zero-order valence-corrected chi connectivity index (χ0v) is 22.7. The Kier molecular flexibility index (Phi) is 7.82. The minimum absolute atomic E-state index is 0.0760. The summed E-state index contributed by atoms with van der Waals surface area (Å²) in [5, 5.41) is 16.1. The van der Waals surface area contributed by atoms with Gasteiger partial charge in [-0.25, -0.2) is 9.78 Å². The fourth-order valence-electron chi connectivity index (χ4n) is 5.41. The molecule has 1 amide bonds. The Morgan fingerprint density at radius 3 is 2.59 bits per heavy atom. The molecule has 0 spiro atoms. The van der Waals surface area contributed by atoms with E-state index in [1.165, 1.54) is 6.33 Å². The molecule has 4 bridgehead atoms. The van der Waals surface area contributed by atoms with Crippen molar-refractivity contribution in [2.45, 2.75) is 45.1 Å². The van der Waals surface area contributed by atoms with Gasteiger partial charge >= 0.3 is 12.1 Å². The maximum Gasteiger partial charge on any atom is 0.411 e. The Morgan fingerprint density at radius 2 is 1.83 bits per heavy atom. The first kappa shape index (κ1) is 27.6. The van der Waals surface area contributed by atoms with Gasteiger partial charge in [0.1, 0.15) is 6.04 Å². The number of aromatic amines is 1. The zero-order valence-electron chi connectivity index (χ0n) is 22.7. The molecule has 4 aromatic rings. The first-order chi connectivity index (χ1) is 19.7. The summed E-state index contributed by atoms with van der Waals surface area (Å²) in [7, 11) is 0. The van der Waals surface area contributed by atoms with Crippen molar-refractivity contribution in [2.75, 3.05) is 17.2 Å². The number of carboxylic acids is 1. The van der Waals surface area contributed by atoms with Gasteiger partial charge in [0, 0.05) is 30.1 Å². The summed E-state index contributed by atoms with van der Waals surface area (Å²) >= 11 is 0. The summed E-state index contributed by atoms with van der Waals surface area (Å²) in [5.74, 6) is -1.91. The number of ether oxygens (including phenoxy) is 1. The molecule has 1 aromatic heterocycles. The second kappa shape index (κ2) is 11.6. The number of benzene rings is 3. The highest BCUT2D eigenvalue weighted by molar-refractivity contribution is 5.91. The van der Waals surface area contributed by atoms with Gasteiger partial charge in [-0.2, -0.15) is 0 Å². The van der Waals surface area contributed by atoms with E-state index in [0.29, 0.717) is 39.8 Å². The van der Waals surface area contributed by atoms with E-state index >= 15 is 0 Å². The number of hydrogen-bond acceptors (Lipinski definition) is 7. The highest BCUT2D eigenvalue weighted by atomic mass is 16.5. The van der Waals surface area contributed by atoms with Crippen LogP contribution in [0.15, 0.2) is 65.7 Å². The van der Waals surface area contributed by atoms with Crippen LogP contribution in [0.5, 0.6) is 0 Å². The van der Waals surface area contributed by atoms with Crippen LogP contribution in [0.3, 0.4) is 0 Å². The lowest BCUT2D eigenvalue weighted by atomic mass is 9.86. The van der Waals surface area contributed by atoms with E-state index < -0.39 is 24.0 Å². The van der Waals surface area contributed by atoms with Crippen molar-refractivity contribution in [3.63, 3.8) is 0 Å². The maximum atomic E-state index is 14.1. The average molecular weight is 555 g/mol. The van der Waals surface area contributed by atoms with Crippen LogP contribution in [0.1, 0.15) is 52.6 Å². The van der Waals surface area contributed by atoms with E-state index in [2.05, 4.69) is 20.6 Å². The number of aromatic nitrogens is 2. The molecule has 10 heteroatoms. The number of nitrogens with one attached hydrogen (secondary N) is 3. The quantitative estimate of drug-likeness (QED) is 0.275. The largest absolute Gasteiger partial charge is 0.481 e. The Bertz CT molecular complexity index is 1690. The van der Waals surface area contributed by atoms with Gasteiger partial charge in [-0.1, -0.05) is 24.3 Å². The van der Waals surface area contributed by atoms with Crippen molar-refractivity contribution in [2.24, 2.45) is 0 Å². The molecule has 10 nitrogen and oxygen atoms in total.